The van der Waals surface area contributed by atoms with E-state index in [-0.39, 0.29) is 12.4 Å². The summed E-state index contributed by atoms with van der Waals surface area (Å²) >= 11 is 0. The lowest BCUT2D eigenvalue weighted by molar-refractivity contribution is -0.887. The van der Waals surface area contributed by atoms with Gasteiger partial charge in [0.25, 0.3) is 0 Å². The van der Waals surface area contributed by atoms with Crippen LogP contribution in [-0.2, 0) is 0 Å². The van der Waals surface area contributed by atoms with Gasteiger partial charge in [0.2, 0.25) is 0 Å². The Morgan fingerprint density at radius 2 is 1.89 bits per heavy atom. The fraction of sp³-hybridized carbons (Fsp3) is 0.750. The molecule has 0 radical (unpaired) electrons. The molecule has 2 unspecified atom stereocenters. The molecule has 18 heavy (non-hydrogen) atoms. The molecule has 0 saturated carbocycles. The molecule has 106 valence electrons. The normalized spacial score (nSPS) is 25.5. The van der Waals surface area contributed by atoms with Gasteiger partial charge in [-0.25, -0.2) is 0 Å². The fourth-order valence-corrected chi connectivity index (χ4v) is 2.51. The predicted molar refractivity (Wildman–Crippen MR) is 76.9 cm³/mol. The van der Waals surface area contributed by atoms with Crippen molar-refractivity contribution in [1.82, 2.24) is 0 Å². The van der Waals surface area contributed by atoms with Crippen LogP contribution in [0.1, 0.15) is 40.5 Å². The Labute approximate surface area is 120 Å². The molecule has 2 atom stereocenters. The number of allylic oxidation sites excluding steroid dienone is 3. The van der Waals surface area contributed by atoms with E-state index >= 15 is 0 Å². The van der Waals surface area contributed by atoms with Crippen molar-refractivity contribution in [2.75, 3.05) is 21.1 Å². The number of hydrogen-bond acceptors (Lipinski definition) is 0. The van der Waals surface area contributed by atoms with Crippen LogP contribution in [0.5, 0.6) is 0 Å². The van der Waals surface area contributed by atoms with E-state index in [4.69, 9.17) is 0 Å². The van der Waals surface area contributed by atoms with Crippen molar-refractivity contribution in [1.29, 1.82) is 0 Å². The van der Waals surface area contributed by atoms with E-state index in [2.05, 4.69) is 67.1 Å². The highest BCUT2D eigenvalue weighted by Crippen LogP contribution is 2.41. The quantitative estimate of drug-likeness (QED) is 0.531. The number of likely N-dealkylation sites (N-methyl/N-ethyl adjacent to an activating group) is 1. The summed E-state index contributed by atoms with van der Waals surface area (Å²) in [6.45, 7) is 9.38. The van der Waals surface area contributed by atoms with Gasteiger partial charge in [0.1, 0.15) is 6.04 Å². The molecule has 0 spiro atoms. The van der Waals surface area contributed by atoms with E-state index in [0.717, 1.165) is 4.48 Å². The van der Waals surface area contributed by atoms with Crippen LogP contribution >= 0.6 is 0 Å². The Kier molecular flexibility index (Phi) is 6.16. The van der Waals surface area contributed by atoms with Crippen LogP contribution in [0.3, 0.4) is 0 Å². The van der Waals surface area contributed by atoms with Gasteiger partial charge in [-0.05, 0) is 38.2 Å². The van der Waals surface area contributed by atoms with Gasteiger partial charge in [-0.1, -0.05) is 31.6 Å². The maximum Gasteiger partial charge on any atom is 0.104 e. The Balaban J connectivity index is 0.00000289. The van der Waals surface area contributed by atoms with Gasteiger partial charge in [-0.15, -0.1) is 0 Å². The first-order valence-corrected chi connectivity index (χ1v) is 6.81. The second-order valence-electron chi connectivity index (χ2n) is 7.19. The summed E-state index contributed by atoms with van der Waals surface area (Å²) in [4.78, 5) is 0. The minimum atomic E-state index is 0. The summed E-state index contributed by atoms with van der Waals surface area (Å²) in [5, 5.41) is 0. The molecule has 2 heteroatoms. The van der Waals surface area contributed by atoms with Crippen molar-refractivity contribution in [3.63, 3.8) is 0 Å². The summed E-state index contributed by atoms with van der Waals surface area (Å²) in [5.74, 6) is 0.616. The van der Waals surface area contributed by atoms with Gasteiger partial charge >= 0.3 is 0 Å². The van der Waals surface area contributed by atoms with Crippen molar-refractivity contribution in [2.45, 2.75) is 46.6 Å². The Morgan fingerprint density at radius 3 is 2.33 bits per heavy atom. The second kappa shape index (κ2) is 6.25. The van der Waals surface area contributed by atoms with Gasteiger partial charge in [0.05, 0.1) is 21.1 Å². The smallest absolute Gasteiger partial charge is 0.104 e. The summed E-state index contributed by atoms with van der Waals surface area (Å²) in [6, 6.07) is 0.570. The predicted octanol–water partition coefficient (Wildman–Crippen LogP) is 1.02. The Morgan fingerprint density at radius 1 is 1.33 bits per heavy atom. The first-order chi connectivity index (χ1) is 7.64. The monoisotopic (exact) mass is 271 g/mol. The zero-order chi connectivity index (χ0) is 13.3. The van der Waals surface area contributed by atoms with Crippen molar-refractivity contribution in [2.24, 2.45) is 11.3 Å². The third-order valence-electron chi connectivity index (χ3n) is 4.39. The molecule has 0 aromatic heterocycles. The standard InChI is InChI=1S/C16H30N.ClH/c1-13-9-8-12-16(3,4)15(13)11-10-14(2)17(5,6)7;/h9-11,14-15H,8,12H2,1-7H3;1H/q+1;/p-1. The average Bonchev–Trinajstić information content (AvgIpc) is 2.14. The van der Waals surface area contributed by atoms with Crippen molar-refractivity contribution < 1.29 is 16.9 Å². The number of hydrogen-bond donors (Lipinski definition) is 0. The lowest BCUT2D eigenvalue weighted by atomic mass is 9.68. The highest BCUT2D eigenvalue weighted by Gasteiger charge is 2.31. The third kappa shape index (κ3) is 4.44. The highest BCUT2D eigenvalue weighted by molar-refractivity contribution is 5.19. The summed E-state index contributed by atoms with van der Waals surface area (Å²) in [6.07, 6.45) is 9.80. The zero-order valence-electron chi connectivity index (χ0n) is 13.1. The van der Waals surface area contributed by atoms with Crippen LogP contribution in [0.2, 0.25) is 0 Å². The van der Waals surface area contributed by atoms with Gasteiger partial charge < -0.3 is 16.9 Å². The second-order valence-corrected chi connectivity index (χ2v) is 7.19. The Bertz CT molecular complexity index is 320. The Hall–Kier alpha value is -0.270. The summed E-state index contributed by atoms with van der Waals surface area (Å²) in [5.41, 5.74) is 1.96. The molecule has 1 nitrogen and oxygen atoms in total. The van der Waals surface area contributed by atoms with Crippen LogP contribution in [-0.4, -0.2) is 31.7 Å². The zero-order valence-corrected chi connectivity index (χ0v) is 13.9. The van der Waals surface area contributed by atoms with Crippen molar-refractivity contribution >= 4 is 0 Å². The molecule has 0 N–H and O–H groups in total. The van der Waals surface area contributed by atoms with Crippen LogP contribution in [0.25, 0.3) is 0 Å². The number of nitrogens with zero attached hydrogens (tertiary/aromatic N) is 1. The number of rotatable bonds is 3. The largest absolute Gasteiger partial charge is 1.00 e. The molecule has 0 saturated heterocycles. The van der Waals surface area contributed by atoms with E-state index in [0.29, 0.717) is 17.4 Å². The van der Waals surface area contributed by atoms with Gasteiger partial charge in [-0.3, -0.25) is 0 Å². The SMILES string of the molecule is CC1=CCCC(C)(C)C1C=CC(C)[N+](C)(C)C.[Cl-]. The van der Waals surface area contributed by atoms with Crippen LogP contribution in [0.4, 0.5) is 0 Å². The first-order valence-electron chi connectivity index (χ1n) is 6.81. The molecule has 0 aliphatic heterocycles. The molecule has 0 heterocycles. The van der Waals surface area contributed by atoms with E-state index in [1.807, 2.05) is 0 Å². The molecular formula is C16H30ClN. The maximum absolute atomic E-state index is 2.44. The molecule has 0 aromatic carbocycles. The van der Waals surface area contributed by atoms with Gasteiger partial charge in [-0.2, -0.15) is 0 Å². The first kappa shape index (κ1) is 17.7. The van der Waals surface area contributed by atoms with Crippen LogP contribution < -0.4 is 12.4 Å². The molecule has 1 aliphatic carbocycles. The van der Waals surface area contributed by atoms with Crippen LogP contribution in [0.15, 0.2) is 23.8 Å². The number of quaternary nitrogens is 1. The average molecular weight is 272 g/mol. The molecule has 0 bridgehead atoms. The molecule has 0 aromatic rings. The van der Waals surface area contributed by atoms with E-state index in [1.54, 1.807) is 5.57 Å². The minimum absolute atomic E-state index is 0. The molecule has 1 aliphatic rings. The molecule has 0 fully saturated rings. The molecule has 1 rings (SSSR count). The van der Waals surface area contributed by atoms with E-state index in [9.17, 15) is 0 Å². The summed E-state index contributed by atoms with van der Waals surface area (Å²) in [7, 11) is 6.76. The van der Waals surface area contributed by atoms with Gasteiger partial charge in [0, 0.05) is 5.92 Å². The topological polar surface area (TPSA) is 0 Å². The van der Waals surface area contributed by atoms with E-state index < -0.39 is 0 Å². The maximum atomic E-state index is 2.44. The van der Waals surface area contributed by atoms with Crippen molar-refractivity contribution in [3.8, 4) is 0 Å². The lowest BCUT2D eigenvalue weighted by Gasteiger charge is -2.37. The molecule has 0 amide bonds. The van der Waals surface area contributed by atoms with E-state index in [1.165, 1.54) is 12.8 Å². The number of halogens is 1. The molecular weight excluding hydrogens is 242 g/mol. The minimum Gasteiger partial charge on any atom is -1.00 e. The lowest BCUT2D eigenvalue weighted by Crippen LogP contribution is -3.00. The third-order valence-corrected chi connectivity index (χ3v) is 4.39. The summed E-state index contributed by atoms with van der Waals surface area (Å²) < 4.78 is 0.992. The van der Waals surface area contributed by atoms with Gasteiger partial charge in [0.15, 0.2) is 0 Å². The highest BCUT2D eigenvalue weighted by atomic mass is 35.5. The van der Waals surface area contributed by atoms with Crippen LogP contribution in [0, 0.1) is 11.3 Å². The van der Waals surface area contributed by atoms with Crippen molar-refractivity contribution in [3.05, 3.63) is 23.8 Å². The fourth-order valence-electron chi connectivity index (χ4n) is 2.51.